The average molecular weight is 311 g/mol. The highest BCUT2D eigenvalue weighted by Gasteiger charge is 2.18. The van der Waals surface area contributed by atoms with E-state index in [2.05, 4.69) is 32.2 Å². The number of rotatable bonds is 5. The van der Waals surface area contributed by atoms with Gasteiger partial charge in [-0.2, -0.15) is 0 Å². The van der Waals surface area contributed by atoms with Crippen molar-refractivity contribution < 1.29 is 9.53 Å². The van der Waals surface area contributed by atoms with E-state index in [9.17, 15) is 4.79 Å². The highest BCUT2D eigenvalue weighted by molar-refractivity contribution is 5.91. The van der Waals surface area contributed by atoms with Gasteiger partial charge in [0.05, 0.1) is 7.11 Å². The zero-order valence-corrected chi connectivity index (χ0v) is 14.3. The van der Waals surface area contributed by atoms with E-state index in [1.165, 1.54) is 0 Å². The zero-order chi connectivity index (χ0) is 16.9. The lowest BCUT2D eigenvalue weighted by Gasteiger charge is -2.23. The summed E-state index contributed by atoms with van der Waals surface area (Å²) < 4.78 is 5.14. The van der Waals surface area contributed by atoms with E-state index >= 15 is 0 Å². The van der Waals surface area contributed by atoms with Gasteiger partial charge in [-0.05, 0) is 41.2 Å². The number of hydrogen-bond donors (Lipinski definition) is 1. The van der Waals surface area contributed by atoms with Gasteiger partial charge in [-0.25, -0.2) is 0 Å². The molecule has 0 fully saturated rings. The zero-order valence-electron chi connectivity index (χ0n) is 14.3. The van der Waals surface area contributed by atoms with Gasteiger partial charge in [-0.3, -0.25) is 4.79 Å². The second-order valence-electron chi connectivity index (χ2n) is 6.69. The molecule has 2 aromatic rings. The molecule has 0 unspecified atom stereocenters. The van der Waals surface area contributed by atoms with Gasteiger partial charge in [0.15, 0.2) is 0 Å². The molecule has 122 valence electrons. The third kappa shape index (κ3) is 4.85. The first-order valence-corrected chi connectivity index (χ1v) is 7.92. The van der Waals surface area contributed by atoms with Crippen LogP contribution in [0.15, 0.2) is 48.5 Å². The summed E-state index contributed by atoms with van der Waals surface area (Å²) in [6, 6.07) is 15.8. The molecule has 0 aliphatic carbocycles. The first-order valence-electron chi connectivity index (χ1n) is 7.92. The molecule has 0 atom stereocenters. The first kappa shape index (κ1) is 17.1. The van der Waals surface area contributed by atoms with Crippen LogP contribution in [0.25, 0.3) is 0 Å². The van der Waals surface area contributed by atoms with Gasteiger partial charge >= 0.3 is 0 Å². The maximum Gasteiger partial charge on any atom is 0.224 e. The van der Waals surface area contributed by atoms with Crippen molar-refractivity contribution in [3.63, 3.8) is 0 Å². The third-order valence-corrected chi connectivity index (χ3v) is 3.81. The van der Waals surface area contributed by atoms with Crippen molar-refractivity contribution in [1.29, 1.82) is 0 Å². The van der Waals surface area contributed by atoms with Crippen molar-refractivity contribution in [2.24, 2.45) is 0 Å². The smallest absolute Gasteiger partial charge is 0.224 e. The van der Waals surface area contributed by atoms with Crippen LogP contribution in [0, 0.1) is 0 Å². The lowest BCUT2D eigenvalue weighted by atomic mass is 9.86. The highest BCUT2D eigenvalue weighted by atomic mass is 16.5. The molecule has 0 saturated carbocycles. The molecule has 0 spiro atoms. The molecule has 3 nitrogen and oxygen atoms in total. The van der Waals surface area contributed by atoms with Crippen molar-refractivity contribution in [2.45, 2.75) is 39.0 Å². The van der Waals surface area contributed by atoms with Gasteiger partial charge in [0.2, 0.25) is 5.91 Å². The molecule has 0 aliphatic heterocycles. The molecule has 2 rings (SSSR count). The summed E-state index contributed by atoms with van der Waals surface area (Å²) in [6.07, 6.45) is 1.18. The van der Waals surface area contributed by atoms with Gasteiger partial charge in [-0.15, -0.1) is 0 Å². The number of carbonyl (C=O) groups is 1. The van der Waals surface area contributed by atoms with E-state index < -0.39 is 0 Å². The lowest BCUT2D eigenvalue weighted by Crippen LogP contribution is -2.18. The summed E-state index contributed by atoms with van der Waals surface area (Å²) >= 11 is 0. The Morgan fingerprint density at radius 3 is 2.30 bits per heavy atom. The SMILES string of the molecule is COc1ccc(CCC(=O)Nc2ccccc2C(C)(C)C)cc1. The molecule has 0 radical (unpaired) electrons. The summed E-state index contributed by atoms with van der Waals surface area (Å²) in [5.74, 6) is 0.870. The summed E-state index contributed by atoms with van der Waals surface area (Å²) in [5.41, 5.74) is 3.18. The van der Waals surface area contributed by atoms with Crippen LogP contribution in [0.1, 0.15) is 38.3 Å². The Morgan fingerprint density at radius 1 is 1.04 bits per heavy atom. The molecule has 0 saturated heterocycles. The van der Waals surface area contributed by atoms with Crippen molar-refractivity contribution in [2.75, 3.05) is 12.4 Å². The third-order valence-electron chi connectivity index (χ3n) is 3.81. The molecule has 1 N–H and O–H groups in total. The molecule has 23 heavy (non-hydrogen) atoms. The Labute approximate surface area is 138 Å². The minimum Gasteiger partial charge on any atom is -0.497 e. The lowest BCUT2D eigenvalue weighted by molar-refractivity contribution is -0.116. The van der Waals surface area contributed by atoms with E-state index in [-0.39, 0.29) is 11.3 Å². The maximum absolute atomic E-state index is 12.3. The van der Waals surface area contributed by atoms with Gasteiger partial charge < -0.3 is 10.1 Å². The minimum absolute atomic E-state index is 0.000142. The number of aryl methyl sites for hydroxylation is 1. The van der Waals surface area contributed by atoms with Crippen LogP contribution < -0.4 is 10.1 Å². The molecule has 0 bridgehead atoms. The number of hydrogen-bond acceptors (Lipinski definition) is 2. The summed E-state index contributed by atoms with van der Waals surface area (Å²) in [7, 11) is 1.65. The van der Waals surface area contributed by atoms with Gasteiger partial charge in [-0.1, -0.05) is 51.1 Å². The monoisotopic (exact) mass is 311 g/mol. The number of anilines is 1. The Hall–Kier alpha value is -2.29. The maximum atomic E-state index is 12.3. The van der Waals surface area contributed by atoms with Gasteiger partial charge in [0, 0.05) is 12.1 Å². The van der Waals surface area contributed by atoms with E-state index in [4.69, 9.17) is 4.74 Å². The number of ether oxygens (including phenoxy) is 1. The van der Waals surface area contributed by atoms with Crippen molar-refractivity contribution >= 4 is 11.6 Å². The summed E-state index contributed by atoms with van der Waals surface area (Å²) in [6.45, 7) is 6.44. The van der Waals surface area contributed by atoms with Gasteiger partial charge in [0.25, 0.3) is 0 Å². The Kier molecular flexibility index (Phi) is 5.43. The Morgan fingerprint density at radius 2 is 1.70 bits per heavy atom. The van der Waals surface area contributed by atoms with Crippen LogP contribution in [0.2, 0.25) is 0 Å². The van der Waals surface area contributed by atoms with Crippen molar-refractivity contribution in [1.82, 2.24) is 0 Å². The fraction of sp³-hybridized carbons (Fsp3) is 0.350. The Bertz CT molecular complexity index is 654. The van der Waals surface area contributed by atoms with Crippen LogP contribution in [0.3, 0.4) is 0 Å². The largest absolute Gasteiger partial charge is 0.497 e. The molecule has 0 aliphatic rings. The quantitative estimate of drug-likeness (QED) is 0.879. The normalized spacial score (nSPS) is 11.1. The number of para-hydroxylation sites is 1. The number of nitrogens with one attached hydrogen (secondary N) is 1. The molecule has 0 aromatic heterocycles. The fourth-order valence-corrected chi connectivity index (χ4v) is 2.51. The predicted molar refractivity (Wildman–Crippen MR) is 95.1 cm³/mol. The average Bonchev–Trinajstić information content (AvgIpc) is 2.53. The predicted octanol–water partition coefficient (Wildman–Crippen LogP) is 4.56. The van der Waals surface area contributed by atoms with Gasteiger partial charge in [0.1, 0.15) is 5.75 Å². The molecule has 0 heterocycles. The summed E-state index contributed by atoms with van der Waals surface area (Å²) in [5, 5.41) is 3.05. The first-order chi connectivity index (χ1) is 10.9. The molecule has 1 amide bonds. The van der Waals surface area contributed by atoms with E-state index in [0.717, 1.165) is 22.6 Å². The van der Waals surface area contributed by atoms with Crippen molar-refractivity contribution in [3.8, 4) is 5.75 Å². The molecular weight excluding hydrogens is 286 g/mol. The fourth-order valence-electron chi connectivity index (χ4n) is 2.51. The molecule has 3 heteroatoms. The number of amides is 1. The molecule has 2 aromatic carbocycles. The topological polar surface area (TPSA) is 38.3 Å². The van der Waals surface area contributed by atoms with Crippen LogP contribution in [0.5, 0.6) is 5.75 Å². The van der Waals surface area contributed by atoms with Crippen LogP contribution in [-0.2, 0) is 16.6 Å². The second-order valence-corrected chi connectivity index (χ2v) is 6.69. The standard InChI is InChI=1S/C20H25NO2/c1-20(2,3)17-7-5-6-8-18(17)21-19(22)14-11-15-9-12-16(23-4)13-10-15/h5-10,12-13H,11,14H2,1-4H3,(H,21,22). The Balaban J connectivity index is 1.97. The van der Waals surface area contributed by atoms with Crippen LogP contribution in [-0.4, -0.2) is 13.0 Å². The van der Waals surface area contributed by atoms with Crippen LogP contribution in [0.4, 0.5) is 5.69 Å². The van der Waals surface area contributed by atoms with E-state index in [1.54, 1.807) is 7.11 Å². The van der Waals surface area contributed by atoms with Crippen LogP contribution >= 0.6 is 0 Å². The van der Waals surface area contributed by atoms with Crippen molar-refractivity contribution in [3.05, 3.63) is 59.7 Å². The number of methoxy groups -OCH3 is 1. The minimum atomic E-state index is -0.000142. The van der Waals surface area contributed by atoms with E-state index in [0.29, 0.717) is 12.8 Å². The number of carbonyl (C=O) groups excluding carboxylic acids is 1. The second kappa shape index (κ2) is 7.32. The number of benzene rings is 2. The summed E-state index contributed by atoms with van der Waals surface area (Å²) in [4.78, 5) is 12.3. The molecular formula is C20H25NO2. The van der Waals surface area contributed by atoms with E-state index in [1.807, 2.05) is 42.5 Å². The highest BCUT2D eigenvalue weighted by Crippen LogP contribution is 2.29.